The number of hydrogen-bond acceptors (Lipinski definition) is 5. The first-order chi connectivity index (χ1) is 18.0. The van der Waals surface area contributed by atoms with E-state index in [1.807, 2.05) is 6.92 Å². The lowest BCUT2D eigenvalue weighted by Gasteiger charge is -2.31. The molecule has 3 fully saturated rings. The number of ether oxygens (including phenoxy) is 1. The van der Waals surface area contributed by atoms with Crippen LogP contribution in [0.2, 0.25) is 0 Å². The molecule has 0 bridgehead atoms. The first kappa shape index (κ1) is 25.8. The number of ketones is 1. The van der Waals surface area contributed by atoms with Crippen molar-refractivity contribution >= 4 is 23.8 Å². The molecule has 9 nitrogen and oxygen atoms in total. The predicted molar refractivity (Wildman–Crippen MR) is 127 cm³/mol. The lowest BCUT2D eigenvalue weighted by atomic mass is 9.85. The number of nitrogens with one attached hydrogen (secondary N) is 2. The van der Waals surface area contributed by atoms with E-state index < -0.39 is 58.8 Å². The summed E-state index contributed by atoms with van der Waals surface area (Å²) in [6.07, 6.45) is 1.71. The van der Waals surface area contributed by atoms with Gasteiger partial charge in [-0.3, -0.25) is 14.5 Å². The second-order valence-corrected chi connectivity index (χ2v) is 10.1. The van der Waals surface area contributed by atoms with E-state index in [0.29, 0.717) is 18.4 Å². The van der Waals surface area contributed by atoms with Crippen molar-refractivity contribution < 1.29 is 37.1 Å². The summed E-state index contributed by atoms with van der Waals surface area (Å²) in [6, 6.07) is 2.19. The Bertz CT molecular complexity index is 1300. The van der Waals surface area contributed by atoms with Gasteiger partial charge in [0.2, 0.25) is 5.91 Å². The molecule has 2 heterocycles. The van der Waals surface area contributed by atoms with Crippen LogP contribution >= 0.6 is 0 Å². The molecule has 1 aromatic rings. The maximum absolute atomic E-state index is 15.3. The van der Waals surface area contributed by atoms with Gasteiger partial charge < -0.3 is 20.3 Å². The van der Waals surface area contributed by atoms with E-state index in [9.17, 15) is 28.0 Å². The number of fused-ring (bicyclic) bond motifs is 2. The topological polar surface area (TPSA) is 108 Å². The number of hydrogen-bond donors (Lipinski definition) is 2. The van der Waals surface area contributed by atoms with Crippen molar-refractivity contribution in [1.29, 1.82) is 0 Å². The maximum atomic E-state index is 15.3. The highest BCUT2D eigenvalue weighted by molar-refractivity contribution is 6.04. The predicted octanol–water partition coefficient (Wildman–Crippen LogP) is 3.24. The van der Waals surface area contributed by atoms with Crippen molar-refractivity contribution in [1.82, 2.24) is 20.4 Å². The average molecular weight is 533 g/mol. The molecule has 4 atom stereocenters. The van der Waals surface area contributed by atoms with Gasteiger partial charge in [0, 0.05) is 24.7 Å². The smallest absolute Gasteiger partial charge is 0.411 e. The molecule has 1 saturated carbocycles. The molecular weight excluding hydrogens is 505 g/mol. The monoisotopic (exact) mass is 532 g/mol. The number of rotatable bonds is 4. The van der Waals surface area contributed by atoms with E-state index in [-0.39, 0.29) is 43.2 Å². The third-order valence-corrected chi connectivity index (χ3v) is 7.86. The lowest BCUT2D eigenvalue weighted by Crippen LogP contribution is -2.44. The van der Waals surface area contributed by atoms with Crippen LogP contribution in [0, 0.1) is 17.6 Å². The van der Waals surface area contributed by atoms with Crippen molar-refractivity contribution in [3.8, 4) is 0 Å². The lowest BCUT2D eigenvalue weighted by molar-refractivity contribution is -0.134. The number of amides is 4. The highest BCUT2D eigenvalue weighted by atomic mass is 19.2. The van der Waals surface area contributed by atoms with Crippen molar-refractivity contribution in [3.05, 3.63) is 58.6 Å². The summed E-state index contributed by atoms with van der Waals surface area (Å²) in [5.74, 6) is -4.52. The molecule has 4 aliphatic rings. The van der Waals surface area contributed by atoms with Crippen LogP contribution in [0.15, 0.2) is 41.4 Å². The number of likely N-dealkylation sites (tertiary alicyclic amines) is 1. The summed E-state index contributed by atoms with van der Waals surface area (Å²) in [5.41, 5.74) is -1.08. The highest BCUT2D eigenvalue weighted by Crippen LogP contribution is 2.50. The fourth-order valence-electron chi connectivity index (χ4n) is 6.09. The zero-order valence-corrected chi connectivity index (χ0v) is 20.9. The summed E-state index contributed by atoms with van der Waals surface area (Å²) < 4.78 is 48.2. The van der Waals surface area contributed by atoms with E-state index >= 15 is 4.39 Å². The van der Waals surface area contributed by atoms with E-state index in [0.717, 1.165) is 18.2 Å². The Morgan fingerprint density at radius 3 is 2.61 bits per heavy atom. The number of carbonyl (C=O) groups excluding carboxylic acids is 4. The standard InChI is InChI=1S/C26H27F3N4O5/c1-13-3-6-20(14-4-5-16(27)17(28)9-14)33(13)21(34)11-32-12-26(38-25(32)37)8-7-15-22(26)18(29)10-19(23(15)35)31-24(36)30-2/h4-5,9-10,13,15,20H,3,6-8,11-12H2,1-2H3,(H2,30,31,36)/t13-,15?,20-,26+/m0/s1. The van der Waals surface area contributed by atoms with Gasteiger partial charge in [-0.15, -0.1) is 0 Å². The minimum atomic E-state index is -1.40. The molecule has 4 amide bonds. The van der Waals surface area contributed by atoms with Crippen molar-refractivity contribution in [2.24, 2.45) is 5.92 Å². The normalized spacial score (nSPS) is 28.6. The molecule has 202 valence electrons. The fraction of sp³-hybridized carbons (Fsp3) is 0.462. The largest absolute Gasteiger partial charge is 0.436 e. The number of allylic oxidation sites excluding steroid dienone is 3. The van der Waals surface area contributed by atoms with Crippen LogP contribution in [0.25, 0.3) is 0 Å². The number of halogens is 3. The third-order valence-electron chi connectivity index (χ3n) is 7.86. The molecule has 0 radical (unpaired) electrons. The molecule has 38 heavy (non-hydrogen) atoms. The van der Waals surface area contributed by atoms with Crippen molar-refractivity contribution in [2.45, 2.75) is 50.3 Å². The number of nitrogens with zero attached hydrogens (tertiary/aromatic N) is 2. The maximum Gasteiger partial charge on any atom is 0.411 e. The number of urea groups is 1. The van der Waals surface area contributed by atoms with Crippen LogP contribution in [-0.4, -0.2) is 65.4 Å². The summed E-state index contributed by atoms with van der Waals surface area (Å²) in [6.45, 7) is 1.37. The van der Waals surface area contributed by atoms with Gasteiger partial charge in [-0.1, -0.05) is 6.07 Å². The number of benzene rings is 1. The first-order valence-corrected chi connectivity index (χ1v) is 12.4. The van der Waals surface area contributed by atoms with E-state index in [4.69, 9.17) is 4.74 Å². The molecule has 2 aliphatic heterocycles. The zero-order chi connectivity index (χ0) is 27.4. The van der Waals surface area contributed by atoms with Crippen molar-refractivity contribution in [3.63, 3.8) is 0 Å². The van der Waals surface area contributed by atoms with E-state index in [1.165, 1.54) is 18.0 Å². The van der Waals surface area contributed by atoms with E-state index in [1.54, 1.807) is 4.90 Å². The van der Waals surface area contributed by atoms with Gasteiger partial charge in [-0.2, -0.15) is 0 Å². The summed E-state index contributed by atoms with van der Waals surface area (Å²) in [5, 5.41) is 4.62. The van der Waals surface area contributed by atoms with Gasteiger partial charge >= 0.3 is 12.1 Å². The fourth-order valence-corrected chi connectivity index (χ4v) is 6.09. The summed E-state index contributed by atoms with van der Waals surface area (Å²) in [7, 11) is 1.36. The quantitative estimate of drug-likeness (QED) is 0.619. The Balaban J connectivity index is 1.35. The molecule has 1 spiro atoms. The molecule has 2 aliphatic carbocycles. The second kappa shape index (κ2) is 9.48. The van der Waals surface area contributed by atoms with E-state index in [2.05, 4.69) is 10.6 Å². The molecule has 0 aromatic heterocycles. The van der Waals surface area contributed by atoms with Gasteiger partial charge in [0.1, 0.15) is 12.4 Å². The van der Waals surface area contributed by atoms with Crippen LogP contribution in [0.4, 0.5) is 22.8 Å². The number of carbonyl (C=O) groups is 4. The Hall–Kier alpha value is -3.83. The molecule has 12 heteroatoms. The Kier molecular flexibility index (Phi) is 6.44. The van der Waals surface area contributed by atoms with Crippen LogP contribution in [0.1, 0.15) is 44.2 Å². The molecular formula is C26H27F3N4O5. The molecule has 1 unspecified atom stereocenters. The van der Waals surface area contributed by atoms with Gasteiger partial charge in [-0.05, 0) is 50.3 Å². The second-order valence-electron chi connectivity index (χ2n) is 10.1. The van der Waals surface area contributed by atoms with Gasteiger partial charge in [0.05, 0.1) is 24.2 Å². The summed E-state index contributed by atoms with van der Waals surface area (Å²) >= 11 is 0. The molecule has 2 N–H and O–H groups in total. The van der Waals surface area contributed by atoms with Crippen LogP contribution in [0.5, 0.6) is 0 Å². The van der Waals surface area contributed by atoms with Crippen molar-refractivity contribution in [2.75, 3.05) is 20.1 Å². The number of Topliss-reactive ketones (excluding diaryl/α,β-unsaturated/α-hetero) is 1. The molecule has 5 rings (SSSR count). The SMILES string of the molecule is CNC(=O)NC1=CC(F)=C2C(CC[C@@]23CN(CC(=O)N2[C@@H](C)CC[C@H]2c2ccc(F)c(F)c2)C(=O)O3)C1=O. The van der Waals surface area contributed by atoms with Crippen LogP contribution < -0.4 is 10.6 Å². The van der Waals surface area contributed by atoms with Crippen LogP contribution in [-0.2, 0) is 14.3 Å². The molecule has 2 saturated heterocycles. The minimum absolute atomic E-state index is 0.0439. The van der Waals surface area contributed by atoms with Gasteiger partial charge in [0.15, 0.2) is 23.0 Å². The first-order valence-electron chi connectivity index (χ1n) is 12.4. The Morgan fingerprint density at radius 1 is 1.13 bits per heavy atom. The van der Waals surface area contributed by atoms with Gasteiger partial charge in [0.25, 0.3) is 0 Å². The summed E-state index contributed by atoms with van der Waals surface area (Å²) in [4.78, 5) is 53.5. The highest BCUT2D eigenvalue weighted by Gasteiger charge is 2.58. The average Bonchev–Trinajstić information content (AvgIpc) is 3.54. The minimum Gasteiger partial charge on any atom is -0.436 e. The Morgan fingerprint density at radius 2 is 1.89 bits per heavy atom. The molecule has 1 aromatic carbocycles. The third kappa shape index (κ3) is 4.21. The van der Waals surface area contributed by atoms with Gasteiger partial charge in [-0.25, -0.2) is 22.8 Å². The zero-order valence-electron chi connectivity index (χ0n) is 20.9. The Labute approximate surface area is 216 Å². The van der Waals surface area contributed by atoms with Crippen LogP contribution in [0.3, 0.4) is 0 Å².